The Labute approximate surface area is 154 Å². The zero-order chi connectivity index (χ0) is 18.6. The van der Waals surface area contributed by atoms with Crippen LogP contribution in [0.3, 0.4) is 0 Å². The monoisotopic (exact) mass is 357 g/mol. The van der Waals surface area contributed by atoms with Gasteiger partial charge in [0.1, 0.15) is 5.84 Å². The number of nitrogens with zero attached hydrogens (tertiary/aromatic N) is 2. The van der Waals surface area contributed by atoms with Crippen LogP contribution in [-0.2, 0) is 16.0 Å². The van der Waals surface area contributed by atoms with Crippen molar-refractivity contribution in [2.45, 2.75) is 52.7 Å². The molecular weight excluding hydrogens is 330 g/mol. The predicted molar refractivity (Wildman–Crippen MR) is 101 cm³/mol. The maximum absolute atomic E-state index is 12.2. The van der Waals surface area contributed by atoms with Gasteiger partial charge in [0.05, 0.1) is 6.54 Å². The second kappa shape index (κ2) is 8.10. The van der Waals surface area contributed by atoms with Gasteiger partial charge in [0.2, 0.25) is 0 Å². The predicted octanol–water partition coefficient (Wildman–Crippen LogP) is 3.32. The van der Waals surface area contributed by atoms with Gasteiger partial charge in [-0.25, -0.2) is 15.3 Å². The van der Waals surface area contributed by atoms with E-state index in [1.165, 1.54) is 0 Å². The zero-order valence-electron chi connectivity index (χ0n) is 15.7. The smallest absolute Gasteiger partial charge is 0.274 e. The minimum absolute atomic E-state index is 0.0508. The van der Waals surface area contributed by atoms with Crippen LogP contribution >= 0.6 is 0 Å². The third-order valence-electron chi connectivity index (χ3n) is 4.54. The summed E-state index contributed by atoms with van der Waals surface area (Å²) in [5.41, 5.74) is 5.27. The molecule has 2 heterocycles. The van der Waals surface area contributed by atoms with Crippen molar-refractivity contribution in [1.29, 1.82) is 0 Å². The second-order valence-corrected chi connectivity index (χ2v) is 7.76. The lowest BCUT2D eigenvalue weighted by molar-refractivity contribution is -0.186. The van der Waals surface area contributed by atoms with Gasteiger partial charge in [-0.2, -0.15) is 0 Å². The van der Waals surface area contributed by atoms with Crippen LogP contribution in [0.15, 0.2) is 34.3 Å². The molecule has 1 aromatic rings. The van der Waals surface area contributed by atoms with Crippen molar-refractivity contribution in [1.82, 2.24) is 5.48 Å². The van der Waals surface area contributed by atoms with Gasteiger partial charge in [-0.3, -0.25) is 9.79 Å². The molecule has 1 unspecified atom stereocenters. The Morgan fingerprint density at radius 1 is 1.27 bits per heavy atom. The van der Waals surface area contributed by atoms with E-state index in [0.717, 1.165) is 36.4 Å². The van der Waals surface area contributed by atoms with Crippen LogP contribution in [0.25, 0.3) is 0 Å². The van der Waals surface area contributed by atoms with Crippen molar-refractivity contribution in [3.8, 4) is 0 Å². The van der Waals surface area contributed by atoms with Crippen molar-refractivity contribution in [3.05, 3.63) is 35.4 Å². The van der Waals surface area contributed by atoms with Gasteiger partial charge >= 0.3 is 0 Å². The van der Waals surface area contributed by atoms with Gasteiger partial charge in [0, 0.05) is 36.1 Å². The lowest BCUT2D eigenvalue weighted by Crippen LogP contribution is -2.33. The number of carbonyl (C=O) groups excluding carboxylic acids is 1. The highest BCUT2D eigenvalue weighted by molar-refractivity contribution is 6.06. The molecule has 0 bridgehead atoms. The second-order valence-electron chi connectivity index (χ2n) is 7.76. The molecule has 0 aromatic heterocycles. The number of hydroxylamine groups is 1. The highest BCUT2D eigenvalue weighted by atomic mass is 16.8. The number of hydrogen-bond donors (Lipinski definition) is 1. The summed E-state index contributed by atoms with van der Waals surface area (Å²) in [7, 11) is 0. The molecule has 1 saturated heterocycles. The number of hydrogen-bond acceptors (Lipinski definition) is 5. The van der Waals surface area contributed by atoms with Gasteiger partial charge in [0.25, 0.3) is 5.91 Å². The van der Waals surface area contributed by atoms with E-state index >= 15 is 0 Å². The molecule has 0 radical (unpaired) electrons. The number of benzene rings is 1. The standard InChI is InChI=1S/C20H27N3O3/c1-20(2,3)16-13-21-17(22-16)12-14-7-9-15(10-8-14)19(24)23-26-18-6-4-5-11-25-18/h7-10,18H,4-6,11-13H2,1-3H3,(H,23,24). The summed E-state index contributed by atoms with van der Waals surface area (Å²) >= 11 is 0. The Hall–Kier alpha value is -2.05. The van der Waals surface area contributed by atoms with E-state index in [0.29, 0.717) is 25.1 Å². The summed E-state index contributed by atoms with van der Waals surface area (Å²) in [6, 6.07) is 7.44. The molecule has 0 spiro atoms. The lowest BCUT2D eigenvalue weighted by Gasteiger charge is -2.22. The minimum atomic E-state index is -0.345. The molecule has 0 aliphatic carbocycles. The fourth-order valence-corrected chi connectivity index (χ4v) is 2.83. The third kappa shape index (κ3) is 4.99. The average molecular weight is 357 g/mol. The first-order chi connectivity index (χ1) is 12.4. The Kier molecular flexibility index (Phi) is 5.84. The van der Waals surface area contributed by atoms with Gasteiger partial charge in [-0.1, -0.05) is 32.9 Å². The Bertz CT molecular complexity index is 696. The summed E-state index contributed by atoms with van der Waals surface area (Å²) in [6.45, 7) is 7.81. The Morgan fingerprint density at radius 2 is 2.04 bits per heavy atom. The summed E-state index contributed by atoms with van der Waals surface area (Å²) in [6.07, 6.45) is 3.23. The minimum Gasteiger partial charge on any atom is -0.350 e. The Morgan fingerprint density at radius 3 is 2.65 bits per heavy atom. The van der Waals surface area contributed by atoms with Crippen molar-refractivity contribution in [2.75, 3.05) is 13.2 Å². The lowest BCUT2D eigenvalue weighted by atomic mass is 9.90. The molecule has 6 nitrogen and oxygen atoms in total. The molecule has 1 atom stereocenters. The maximum Gasteiger partial charge on any atom is 0.274 e. The first-order valence-electron chi connectivity index (χ1n) is 9.20. The highest BCUT2D eigenvalue weighted by Crippen LogP contribution is 2.20. The number of ether oxygens (including phenoxy) is 1. The molecule has 1 fully saturated rings. The van der Waals surface area contributed by atoms with Crippen molar-refractivity contribution in [3.63, 3.8) is 0 Å². The number of nitrogens with one attached hydrogen (secondary N) is 1. The van der Waals surface area contributed by atoms with E-state index in [4.69, 9.17) is 9.57 Å². The first kappa shape index (κ1) is 18.7. The zero-order valence-corrected chi connectivity index (χ0v) is 15.7. The van der Waals surface area contributed by atoms with Gasteiger partial charge in [-0.05, 0) is 30.5 Å². The topological polar surface area (TPSA) is 72.3 Å². The van der Waals surface area contributed by atoms with Crippen LogP contribution in [0.2, 0.25) is 0 Å². The maximum atomic E-state index is 12.2. The van der Waals surface area contributed by atoms with Gasteiger partial charge in [0.15, 0.2) is 6.29 Å². The molecule has 1 aromatic carbocycles. The first-order valence-corrected chi connectivity index (χ1v) is 9.20. The molecule has 2 aliphatic rings. The van der Waals surface area contributed by atoms with E-state index in [9.17, 15) is 4.79 Å². The SMILES string of the molecule is CC(C)(C)C1=NC(Cc2ccc(C(=O)NOC3CCCCO3)cc2)=NC1. The highest BCUT2D eigenvalue weighted by Gasteiger charge is 2.23. The summed E-state index contributed by atoms with van der Waals surface area (Å²) in [5, 5.41) is 0. The van der Waals surface area contributed by atoms with Gasteiger partial charge < -0.3 is 4.74 Å². The number of amides is 1. The van der Waals surface area contributed by atoms with Crippen LogP contribution in [-0.4, -0.2) is 36.9 Å². The van der Waals surface area contributed by atoms with E-state index < -0.39 is 0 Å². The number of amidine groups is 1. The van der Waals surface area contributed by atoms with E-state index in [1.54, 1.807) is 12.1 Å². The average Bonchev–Trinajstić information content (AvgIpc) is 3.10. The number of carbonyl (C=O) groups is 1. The van der Waals surface area contributed by atoms with Crippen LogP contribution in [0.1, 0.15) is 56.0 Å². The number of rotatable bonds is 5. The fourth-order valence-electron chi connectivity index (χ4n) is 2.83. The summed E-state index contributed by atoms with van der Waals surface area (Å²) in [4.78, 5) is 26.6. The quantitative estimate of drug-likeness (QED) is 0.822. The molecule has 26 heavy (non-hydrogen) atoms. The molecule has 3 rings (SSSR count). The molecule has 2 aliphatic heterocycles. The van der Waals surface area contributed by atoms with Crippen molar-refractivity contribution in [2.24, 2.45) is 15.4 Å². The summed E-state index contributed by atoms with van der Waals surface area (Å²) < 4.78 is 5.43. The van der Waals surface area contributed by atoms with E-state index in [-0.39, 0.29) is 17.6 Å². The van der Waals surface area contributed by atoms with Crippen LogP contribution in [0, 0.1) is 5.41 Å². The molecule has 1 amide bonds. The van der Waals surface area contributed by atoms with E-state index in [2.05, 4.69) is 36.2 Å². The normalized spacial score (nSPS) is 20.5. The molecule has 0 saturated carbocycles. The molecular formula is C20H27N3O3. The largest absolute Gasteiger partial charge is 0.350 e. The van der Waals surface area contributed by atoms with Crippen LogP contribution < -0.4 is 5.48 Å². The fraction of sp³-hybridized carbons (Fsp3) is 0.550. The molecule has 1 N–H and O–H groups in total. The van der Waals surface area contributed by atoms with Crippen molar-refractivity contribution >= 4 is 17.5 Å². The number of aliphatic imine (C=N–C) groups is 2. The Balaban J connectivity index is 1.52. The van der Waals surface area contributed by atoms with Gasteiger partial charge in [-0.15, -0.1) is 0 Å². The third-order valence-corrected chi connectivity index (χ3v) is 4.54. The summed E-state index contributed by atoms with van der Waals surface area (Å²) in [5.74, 6) is 0.585. The van der Waals surface area contributed by atoms with Crippen LogP contribution in [0.4, 0.5) is 0 Å². The molecule has 6 heteroatoms. The molecule has 140 valence electrons. The van der Waals surface area contributed by atoms with Crippen molar-refractivity contribution < 1.29 is 14.4 Å². The van der Waals surface area contributed by atoms with E-state index in [1.807, 2.05) is 12.1 Å². The van der Waals surface area contributed by atoms with Crippen LogP contribution in [0.5, 0.6) is 0 Å².